The summed E-state index contributed by atoms with van der Waals surface area (Å²) in [4.78, 5) is 18.7. The van der Waals surface area contributed by atoms with Gasteiger partial charge in [0.05, 0.1) is 23.3 Å². The summed E-state index contributed by atoms with van der Waals surface area (Å²) in [5.41, 5.74) is 3.24. The number of nitrogens with zero attached hydrogens (tertiary/aromatic N) is 3. The predicted molar refractivity (Wildman–Crippen MR) is 83.5 cm³/mol. The zero-order valence-electron chi connectivity index (χ0n) is 12.8. The zero-order chi connectivity index (χ0) is 15.7. The van der Waals surface area contributed by atoms with E-state index in [-0.39, 0.29) is 5.91 Å². The molecule has 0 atom stereocenters. The molecule has 112 valence electrons. The van der Waals surface area contributed by atoms with Crippen LogP contribution in [-0.4, -0.2) is 28.0 Å². The highest BCUT2D eigenvalue weighted by Gasteiger charge is 2.18. The first-order valence-corrected chi connectivity index (χ1v) is 7.09. The molecule has 5 nitrogen and oxygen atoms in total. The third-order valence-corrected chi connectivity index (χ3v) is 3.80. The van der Waals surface area contributed by atoms with Gasteiger partial charge in [-0.25, -0.2) is 0 Å². The van der Waals surface area contributed by atoms with Gasteiger partial charge in [-0.1, -0.05) is 23.4 Å². The summed E-state index contributed by atoms with van der Waals surface area (Å²) < 4.78 is 5.15. The minimum Gasteiger partial charge on any atom is -0.361 e. The highest BCUT2D eigenvalue weighted by atomic mass is 16.5. The zero-order valence-corrected chi connectivity index (χ0v) is 12.8. The molecule has 0 saturated heterocycles. The van der Waals surface area contributed by atoms with Crippen molar-refractivity contribution in [3.8, 4) is 0 Å². The lowest BCUT2D eigenvalue weighted by atomic mass is 10.1. The molecule has 5 heteroatoms. The number of carbonyl (C=O) groups excluding carboxylic acids is 1. The Labute approximate surface area is 128 Å². The molecule has 2 aromatic heterocycles. The van der Waals surface area contributed by atoms with Crippen molar-refractivity contribution in [2.24, 2.45) is 0 Å². The molecule has 2 heterocycles. The molecule has 0 bridgehead atoms. The first-order valence-electron chi connectivity index (χ1n) is 7.09. The summed E-state index contributed by atoms with van der Waals surface area (Å²) in [5, 5.41) is 4.79. The van der Waals surface area contributed by atoms with Crippen LogP contribution in [0, 0.1) is 13.8 Å². The number of para-hydroxylation sites is 1. The van der Waals surface area contributed by atoms with Gasteiger partial charge < -0.3 is 9.42 Å². The fraction of sp³-hybridized carbons (Fsp3) is 0.235. The van der Waals surface area contributed by atoms with Crippen molar-refractivity contribution < 1.29 is 9.32 Å². The highest BCUT2D eigenvalue weighted by Crippen LogP contribution is 2.20. The first-order chi connectivity index (χ1) is 10.6. The van der Waals surface area contributed by atoms with Gasteiger partial charge in [-0.3, -0.25) is 9.78 Å². The molecule has 22 heavy (non-hydrogen) atoms. The molecule has 0 radical (unpaired) electrons. The van der Waals surface area contributed by atoms with Crippen LogP contribution in [0.1, 0.15) is 27.4 Å². The van der Waals surface area contributed by atoms with E-state index in [1.54, 1.807) is 24.2 Å². The largest absolute Gasteiger partial charge is 0.361 e. The first kappa shape index (κ1) is 14.3. The third-order valence-electron chi connectivity index (χ3n) is 3.80. The minimum atomic E-state index is -0.0430. The number of aromatic nitrogens is 2. The van der Waals surface area contributed by atoms with Gasteiger partial charge >= 0.3 is 0 Å². The maximum atomic E-state index is 12.8. The van der Waals surface area contributed by atoms with Crippen molar-refractivity contribution in [2.75, 3.05) is 7.05 Å². The Bertz CT molecular complexity index is 814. The van der Waals surface area contributed by atoms with Crippen molar-refractivity contribution >= 4 is 16.8 Å². The third kappa shape index (κ3) is 2.45. The normalized spacial score (nSPS) is 10.9. The maximum Gasteiger partial charge on any atom is 0.254 e. The summed E-state index contributed by atoms with van der Waals surface area (Å²) in [5.74, 6) is 0.704. The molecule has 3 rings (SSSR count). The van der Waals surface area contributed by atoms with Crippen molar-refractivity contribution in [1.29, 1.82) is 0 Å². The molecular weight excluding hydrogens is 278 g/mol. The lowest BCUT2D eigenvalue weighted by Gasteiger charge is -2.18. The van der Waals surface area contributed by atoms with Crippen LogP contribution >= 0.6 is 0 Å². The van der Waals surface area contributed by atoms with Gasteiger partial charge in [-0.15, -0.1) is 0 Å². The summed E-state index contributed by atoms with van der Waals surface area (Å²) in [6, 6.07) is 9.40. The van der Waals surface area contributed by atoms with E-state index < -0.39 is 0 Å². The van der Waals surface area contributed by atoms with Crippen LogP contribution < -0.4 is 0 Å². The highest BCUT2D eigenvalue weighted by molar-refractivity contribution is 6.05. The van der Waals surface area contributed by atoms with Gasteiger partial charge in [0, 0.05) is 24.2 Å². The SMILES string of the molecule is Cc1noc(C)c1CN(C)C(=O)c1ccnc2ccccc12. The average Bonchev–Trinajstić information content (AvgIpc) is 2.85. The second-order valence-electron chi connectivity index (χ2n) is 5.34. The molecule has 1 aromatic carbocycles. The molecule has 0 N–H and O–H groups in total. The topological polar surface area (TPSA) is 59.2 Å². The number of aryl methyl sites for hydroxylation is 2. The molecule has 0 spiro atoms. The van der Waals surface area contributed by atoms with E-state index in [1.807, 2.05) is 38.1 Å². The number of amides is 1. The van der Waals surface area contributed by atoms with E-state index >= 15 is 0 Å². The maximum absolute atomic E-state index is 12.8. The van der Waals surface area contributed by atoms with Gasteiger partial charge in [0.25, 0.3) is 5.91 Å². The summed E-state index contributed by atoms with van der Waals surface area (Å²) in [7, 11) is 1.78. The Balaban J connectivity index is 1.92. The van der Waals surface area contributed by atoms with E-state index in [9.17, 15) is 4.79 Å². The lowest BCUT2D eigenvalue weighted by molar-refractivity contribution is 0.0786. The van der Waals surface area contributed by atoms with Crippen molar-refractivity contribution in [1.82, 2.24) is 15.0 Å². The van der Waals surface area contributed by atoms with Crippen molar-refractivity contribution in [3.05, 3.63) is 59.1 Å². The smallest absolute Gasteiger partial charge is 0.254 e. The van der Waals surface area contributed by atoms with E-state index in [0.29, 0.717) is 12.1 Å². The standard InChI is InChI=1S/C17H17N3O2/c1-11-15(12(2)22-19-11)10-20(3)17(21)14-8-9-18-16-7-5-4-6-13(14)16/h4-9H,10H2,1-3H3. The van der Waals surface area contributed by atoms with Crippen LogP contribution in [0.25, 0.3) is 10.9 Å². The average molecular weight is 295 g/mol. The van der Waals surface area contributed by atoms with Gasteiger partial charge in [0.15, 0.2) is 0 Å². The number of fused-ring (bicyclic) bond motifs is 1. The van der Waals surface area contributed by atoms with Crippen LogP contribution in [0.15, 0.2) is 41.1 Å². The van der Waals surface area contributed by atoms with Gasteiger partial charge in [-0.05, 0) is 26.0 Å². The number of rotatable bonds is 3. The van der Waals surface area contributed by atoms with Crippen LogP contribution in [0.2, 0.25) is 0 Å². The molecule has 0 aliphatic heterocycles. The molecule has 3 aromatic rings. The Morgan fingerprint density at radius 2 is 2.00 bits per heavy atom. The minimum absolute atomic E-state index is 0.0430. The molecular formula is C17H17N3O2. The van der Waals surface area contributed by atoms with Crippen LogP contribution in [0.5, 0.6) is 0 Å². The van der Waals surface area contributed by atoms with Crippen LogP contribution in [0.4, 0.5) is 0 Å². The molecule has 1 amide bonds. The number of carbonyl (C=O) groups is 1. The van der Waals surface area contributed by atoms with Gasteiger partial charge in [0.1, 0.15) is 5.76 Å². The molecule has 0 aliphatic rings. The Hall–Kier alpha value is -2.69. The molecule has 0 aliphatic carbocycles. The number of pyridine rings is 1. The Kier molecular flexibility index (Phi) is 3.63. The Morgan fingerprint density at radius 1 is 1.23 bits per heavy atom. The predicted octanol–water partition coefficient (Wildman–Crippen LogP) is 3.11. The summed E-state index contributed by atoms with van der Waals surface area (Å²) in [6.07, 6.45) is 1.67. The summed E-state index contributed by atoms with van der Waals surface area (Å²) >= 11 is 0. The van der Waals surface area contributed by atoms with Crippen LogP contribution in [0.3, 0.4) is 0 Å². The molecule has 0 unspecified atom stereocenters. The second kappa shape index (κ2) is 5.60. The second-order valence-corrected chi connectivity index (χ2v) is 5.34. The van der Waals surface area contributed by atoms with E-state index in [0.717, 1.165) is 27.9 Å². The van der Waals surface area contributed by atoms with E-state index in [2.05, 4.69) is 10.1 Å². The van der Waals surface area contributed by atoms with Gasteiger partial charge in [0.2, 0.25) is 0 Å². The van der Waals surface area contributed by atoms with Gasteiger partial charge in [-0.2, -0.15) is 0 Å². The van der Waals surface area contributed by atoms with E-state index in [4.69, 9.17) is 4.52 Å². The number of hydrogen-bond donors (Lipinski definition) is 0. The van der Waals surface area contributed by atoms with E-state index in [1.165, 1.54) is 0 Å². The van der Waals surface area contributed by atoms with Crippen molar-refractivity contribution in [2.45, 2.75) is 20.4 Å². The van der Waals surface area contributed by atoms with Crippen molar-refractivity contribution in [3.63, 3.8) is 0 Å². The fourth-order valence-corrected chi connectivity index (χ4v) is 2.52. The molecule has 0 saturated carbocycles. The monoisotopic (exact) mass is 295 g/mol. The van der Waals surface area contributed by atoms with Crippen LogP contribution in [-0.2, 0) is 6.54 Å². The molecule has 0 fully saturated rings. The Morgan fingerprint density at radius 3 is 2.73 bits per heavy atom. The fourth-order valence-electron chi connectivity index (χ4n) is 2.52. The summed E-state index contributed by atoms with van der Waals surface area (Å²) in [6.45, 7) is 4.21. The number of hydrogen-bond acceptors (Lipinski definition) is 4. The number of benzene rings is 1. The lowest BCUT2D eigenvalue weighted by Crippen LogP contribution is -2.26. The quantitative estimate of drug-likeness (QED) is 0.745.